The number of amides is 1. The van der Waals surface area contributed by atoms with Gasteiger partial charge < -0.3 is 14.4 Å². The summed E-state index contributed by atoms with van der Waals surface area (Å²) >= 11 is 12.6. The molecule has 1 amide bonds. The number of aromatic nitrogens is 1. The van der Waals surface area contributed by atoms with Gasteiger partial charge in [0.2, 0.25) is 0 Å². The molecule has 0 bridgehead atoms. The minimum atomic E-state index is 0.0591. The Morgan fingerprint density at radius 2 is 1.40 bits per heavy atom. The predicted molar refractivity (Wildman–Crippen MR) is 145 cm³/mol. The van der Waals surface area contributed by atoms with Crippen LogP contribution in [-0.2, 0) is 0 Å². The molecule has 4 aromatic rings. The SMILES string of the molecule is Cc1ccccc1-n1c(-c2ccc(Cl)cc2)cc(C(=O)N2CCN(c3ccccc3Cl)CC2)c1C. The summed E-state index contributed by atoms with van der Waals surface area (Å²) in [6.07, 6.45) is 0. The Labute approximate surface area is 216 Å². The summed E-state index contributed by atoms with van der Waals surface area (Å²) in [5, 5.41) is 1.43. The summed E-state index contributed by atoms with van der Waals surface area (Å²) in [6.45, 7) is 6.91. The molecule has 1 aromatic heterocycles. The molecule has 0 spiro atoms. The number of nitrogens with zero attached hydrogens (tertiary/aromatic N) is 3. The van der Waals surface area contributed by atoms with Crippen LogP contribution in [-0.4, -0.2) is 41.6 Å². The van der Waals surface area contributed by atoms with E-state index < -0.39 is 0 Å². The van der Waals surface area contributed by atoms with Crippen LogP contribution in [0.15, 0.2) is 78.9 Å². The maximum absolute atomic E-state index is 13.7. The Bertz CT molecular complexity index is 1370. The first-order valence-electron chi connectivity index (χ1n) is 11.8. The number of para-hydroxylation sites is 2. The third-order valence-corrected chi connectivity index (χ3v) is 7.31. The Kier molecular flexibility index (Phi) is 6.59. The molecule has 0 N–H and O–H groups in total. The Balaban J connectivity index is 1.48. The van der Waals surface area contributed by atoms with E-state index in [0.717, 1.165) is 57.6 Å². The van der Waals surface area contributed by atoms with Crippen LogP contribution in [0.3, 0.4) is 0 Å². The molecule has 1 aliphatic rings. The van der Waals surface area contributed by atoms with E-state index in [-0.39, 0.29) is 5.91 Å². The topological polar surface area (TPSA) is 28.5 Å². The van der Waals surface area contributed by atoms with Gasteiger partial charge in [0.15, 0.2) is 0 Å². The van der Waals surface area contributed by atoms with Gasteiger partial charge in [0.05, 0.1) is 22.0 Å². The van der Waals surface area contributed by atoms with Crippen molar-refractivity contribution in [2.75, 3.05) is 31.1 Å². The summed E-state index contributed by atoms with van der Waals surface area (Å²) in [7, 11) is 0. The van der Waals surface area contributed by atoms with Gasteiger partial charge in [0.1, 0.15) is 0 Å². The second-order valence-electron chi connectivity index (χ2n) is 8.89. The van der Waals surface area contributed by atoms with E-state index in [1.54, 1.807) is 0 Å². The predicted octanol–water partition coefficient (Wildman–Crippen LogP) is 7.03. The maximum Gasteiger partial charge on any atom is 0.255 e. The van der Waals surface area contributed by atoms with Crippen LogP contribution in [0.5, 0.6) is 0 Å². The van der Waals surface area contributed by atoms with E-state index in [2.05, 4.69) is 28.5 Å². The molecule has 3 aromatic carbocycles. The van der Waals surface area contributed by atoms with Crippen molar-refractivity contribution in [2.45, 2.75) is 13.8 Å². The average molecular weight is 504 g/mol. The van der Waals surface area contributed by atoms with Gasteiger partial charge in [0.25, 0.3) is 5.91 Å². The summed E-state index contributed by atoms with van der Waals surface area (Å²) in [6, 6.07) is 25.9. The van der Waals surface area contributed by atoms with Crippen LogP contribution < -0.4 is 4.90 Å². The number of rotatable bonds is 4. The molecule has 6 heteroatoms. The quantitative estimate of drug-likeness (QED) is 0.299. The fourth-order valence-electron chi connectivity index (χ4n) is 4.81. The summed E-state index contributed by atoms with van der Waals surface area (Å²) in [5.74, 6) is 0.0591. The second-order valence-corrected chi connectivity index (χ2v) is 9.73. The van der Waals surface area contributed by atoms with Crippen molar-refractivity contribution in [1.29, 1.82) is 0 Å². The molecule has 4 nitrogen and oxygen atoms in total. The molecule has 0 atom stereocenters. The smallest absolute Gasteiger partial charge is 0.255 e. The van der Waals surface area contributed by atoms with Gasteiger partial charge in [-0.3, -0.25) is 4.79 Å². The summed E-state index contributed by atoms with van der Waals surface area (Å²) < 4.78 is 2.19. The van der Waals surface area contributed by atoms with Gasteiger partial charge in [-0.25, -0.2) is 0 Å². The van der Waals surface area contributed by atoms with Crippen LogP contribution in [0.4, 0.5) is 5.69 Å². The fourth-order valence-corrected chi connectivity index (χ4v) is 5.19. The van der Waals surface area contributed by atoms with Gasteiger partial charge in [-0.2, -0.15) is 0 Å². The van der Waals surface area contributed by atoms with Crippen LogP contribution in [0.1, 0.15) is 21.6 Å². The highest BCUT2D eigenvalue weighted by Gasteiger charge is 2.27. The van der Waals surface area contributed by atoms with Crippen molar-refractivity contribution >= 4 is 34.8 Å². The second kappa shape index (κ2) is 9.80. The van der Waals surface area contributed by atoms with Crippen LogP contribution in [0, 0.1) is 13.8 Å². The molecular formula is C29H27Cl2N3O. The summed E-state index contributed by atoms with van der Waals surface area (Å²) in [4.78, 5) is 17.9. The first kappa shape index (κ1) is 23.5. The van der Waals surface area contributed by atoms with Gasteiger partial charge in [-0.1, -0.05) is 65.7 Å². The van der Waals surface area contributed by atoms with Gasteiger partial charge in [0, 0.05) is 42.6 Å². The number of hydrogen-bond donors (Lipinski definition) is 0. The van der Waals surface area contributed by atoms with E-state index >= 15 is 0 Å². The largest absolute Gasteiger partial charge is 0.367 e. The summed E-state index contributed by atoms with van der Waals surface area (Å²) in [5.41, 5.74) is 6.89. The van der Waals surface area contributed by atoms with Crippen molar-refractivity contribution in [3.05, 3.63) is 106 Å². The lowest BCUT2D eigenvalue weighted by Crippen LogP contribution is -2.49. The molecule has 1 aliphatic heterocycles. The molecule has 0 aliphatic carbocycles. The Morgan fingerprint density at radius 3 is 2.06 bits per heavy atom. The highest BCUT2D eigenvalue weighted by atomic mass is 35.5. The minimum Gasteiger partial charge on any atom is -0.367 e. The molecule has 2 heterocycles. The zero-order valence-electron chi connectivity index (χ0n) is 19.8. The lowest BCUT2D eigenvalue weighted by Gasteiger charge is -2.36. The van der Waals surface area contributed by atoms with Gasteiger partial charge in [-0.05, 0) is 61.4 Å². The monoisotopic (exact) mass is 503 g/mol. The molecule has 0 radical (unpaired) electrons. The van der Waals surface area contributed by atoms with Crippen LogP contribution in [0.2, 0.25) is 10.0 Å². The zero-order valence-corrected chi connectivity index (χ0v) is 21.4. The molecule has 1 fully saturated rings. The zero-order chi connectivity index (χ0) is 24.5. The van der Waals surface area contributed by atoms with Crippen molar-refractivity contribution in [3.8, 4) is 16.9 Å². The van der Waals surface area contributed by atoms with Crippen molar-refractivity contribution in [3.63, 3.8) is 0 Å². The average Bonchev–Trinajstić information content (AvgIpc) is 3.21. The van der Waals surface area contributed by atoms with Crippen LogP contribution >= 0.6 is 23.2 Å². The fraction of sp³-hybridized carbons (Fsp3) is 0.207. The number of carbonyl (C=O) groups is 1. The molecule has 5 rings (SSSR count). The molecular weight excluding hydrogens is 477 g/mol. The van der Waals surface area contributed by atoms with E-state index in [4.69, 9.17) is 23.2 Å². The number of piperazine rings is 1. The first-order valence-corrected chi connectivity index (χ1v) is 12.5. The van der Waals surface area contributed by atoms with E-state index in [1.165, 1.54) is 0 Å². The number of carbonyl (C=O) groups excluding carboxylic acids is 1. The van der Waals surface area contributed by atoms with Gasteiger partial charge >= 0.3 is 0 Å². The van der Waals surface area contributed by atoms with Crippen molar-refractivity contribution in [2.24, 2.45) is 0 Å². The number of hydrogen-bond acceptors (Lipinski definition) is 2. The van der Waals surface area contributed by atoms with Crippen molar-refractivity contribution in [1.82, 2.24) is 9.47 Å². The standard InChI is InChI=1S/C29H27Cl2N3O/c1-20-7-3-5-9-26(20)34-21(2)24(19-28(34)22-11-13-23(30)14-12-22)29(35)33-17-15-32(16-18-33)27-10-6-4-8-25(27)31/h3-14,19H,15-18H2,1-2H3. The van der Waals surface area contributed by atoms with E-state index in [9.17, 15) is 4.79 Å². The first-order chi connectivity index (χ1) is 16.9. The lowest BCUT2D eigenvalue weighted by molar-refractivity contribution is 0.0746. The Morgan fingerprint density at radius 1 is 0.771 bits per heavy atom. The van der Waals surface area contributed by atoms with Gasteiger partial charge in [-0.15, -0.1) is 0 Å². The number of halogens is 2. The van der Waals surface area contributed by atoms with E-state index in [0.29, 0.717) is 18.1 Å². The third-order valence-electron chi connectivity index (χ3n) is 6.73. The lowest BCUT2D eigenvalue weighted by atomic mass is 10.1. The van der Waals surface area contributed by atoms with E-state index in [1.807, 2.05) is 78.6 Å². The molecule has 178 valence electrons. The molecule has 35 heavy (non-hydrogen) atoms. The highest BCUT2D eigenvalue weighted by molar-refractivity contribution is 6.33. The minimum absolute atomic E-state index is 0.0591. The molecule has 1 saturated heterocycles. The number of benzene rings is 3. The maximum atomic E-state index is 13.7. The van der Waals surface area contributed by atoms with Crippen molar-refractivity contribution < 1.29 is 4.79 Å². The van der Waals surface area contributed by atoms with Crippen LogP contribution in [0.25, 0.3) is 16.9 Å². The molecule has 0 unspecified atom stereocenters. The molecule has 0 saturated carbocycles. The Hall–Kier alpha value is -3.21. The third kappa shape index (κ3) is 4.56. The number of aryl methyl sites for hydroxylation is 1. The number of anilines is 1. The highest BCUT2D eigenvalue weighted by Crippen LogP contribution is 2.33. The normalized spacial score (nSPS) is 13.8.